The first-order valence-corrected chi connectivity index (χ1v) is 4.06. The molecule has 0 aromatic rings. The van der Waals surface area contributed by atoms with Crippen LogP contribution in [-0.2, 0) is 9.53 Å². The summed E-state index contributed by atoms with van der Waals surface area (Å²) in [7, 11) is 0. The number of aliphatic hydroxyl groups is 2. The van der Waals surface area contributed by atoms with Crippen LogP contribution in [0.4, 0.5) is 0 Å². The SMILES string of the molecule is CCOC(=O)[C@@](O)(CC)[C@H](C)O. The van der Waals surface area contributed by atoms with Crippen LogP contribution >= 0.6 is 0 Å². The molecule has 4 heteroatoms. The number of hydrogen-bond acceptors (Lipinski definition) is 4. The summed E-state index contributed by atoms with van der Waals surface area (Å²) in [5.41, 5.74) is -1.75. The Balaban J connectivity index is 4.40. The van der Waals surface area contributed by atoms with Gasteiger partial charge in [0.25, 0.3) is 0 Å². The minimum Gasteiger partial charge on any atom is -0.464 e. The number of rotatable bonds is 4. The summed E-state index contributed by atoms with van der Waals surface area (Å²) in [4.78, 5) is 11.1. The minimum absolute atomic E-state index is 0.142. The van der Waals surface area contributed by atoms with Crippen molar-refractivity contribution in [2.45, 2.75) is 38.9 Å². The van der Waals surface area contributed by atoms with Crippen molar-refractivity contribution in [1.82, 2.24) is 0 Å². The summed E-state index contributed by atoms with van der Waals surface area (Å²) in [6.45, 7) is 4.83. The van der Waals surface area contributed by atoms with E-state index in [0.717, 1.165) is 0 Å². The number of hydrogen-bond donors (Lipinski definition) is 2. The van der Waals surface area contributed by atoms with E-state index in [9.17, 15) is 9.90 Å². The van der Waals surface area contributed by atoms with Crippen LogP contribution in [0.5, 0.6) is 0 Å². The fraction of sp³-hybridized carbons (Fsp3) is 0.875. The third kappa shape index (κ3) is 2.19. The maximum absolute atomic E-state index is 11.1. The van der Waals surface area contributed by atoms with Crippen molar-refractivity contribution >= 4 is 5.97 Å². The van der Waals surface area contributed by atoms with Crippen LogP contribution in [0.3, 0.4) is 0 Å². The first-order valence-electron chi connectivity index (χ1n) is 4.06. The minimum atomic E-state index is -1.75. The van der Waals surface area contributed by atoms with Gasteiger partial charge in [0, 0.05) is 0 Å². The van der Waals surface area contributed by atoms with Crippen molar-refractivity contribution in [3.05, 3.63) is 0 Å². The molecule has 2 atom stereocenters. The molecule has 0 amide bonds. The monoisotopic (exact) mass is 176 g/mol. The molecule has 0 heterocycles. The molecule has 72 valence electrons. The largest absolute Gasteiger partial charge is 0.464 e. The van der Waals surface area contributed by atoms with E-state index in [2.05, 4.69) is 4.74 Å². The summed E-state index contributed by atoms with van der Waals surface area (Å²) in [5, 5.41) is 18.7. The van der Waals surface area contributed by atoms with Crippen molar-refractivity contribution < 1.29 is 19.7 Å². The molecule has 2 N–H and O–H groups in total. The maximum atomic E-state index is 11.1. The molecule has 12 heavy (non-hydrogen) atoms. The van der Waals surface area contributed by atoms with E-state index in [-0.39, 0.29) is 13.0 Å². The van der Waals surface area contributed by atoms with Gasteiger partial charge in [0.15, 0.2) is 5.60 Å². The number of esters is 1. The van der Waals surface area contributed by atoms with Crippen LogP contribution in [0.1, 0.15) is 27.2 Å². The molecule has 0 saturated heterocycles. The third-order valence-electron chi connectivity index (χ3n) is 1.86. The van der Waals surface area contributed by atoms with E-state index >= 15 is 0 Å². The van der Waals surface area contributed by atoms with Gasteiger partial charge in [0.2, 0.25) is 0 Å². The van der Waals surface area contributed by atoms with Gasteiger partial charge in [-0.2, -0.15) is 0 Å². The van der Waals surface area contributed by atoms with E-state index in [4.69, 9.17) is 5.11 Å². The zero-order chi connectivity index (χ0) is 9.78. The highest BCUT2D eigenvalue weighted by Gasteiger charge is 2.40. The van der Waals surface area contributed by atoms with Crippen molar-refractivity contribution in [3.63, 3.8) is 0 Å². The number of ether oxygens (including phenoxy) is 1. The number of carbonyl (C=O) groups excluding carboxylic acids is 1. The van der Waals surface area contributed by atoms with E-state index < -0.39 is 17.7 Å². The van der Waals surface area contributed by atoms with Gasteiger partial charge in [-0.15, -0.1) is 0 Å². The van der Waals surface area contributed by atoms with Crippen LogP contribution in [0.15, 0.2) is 0 Å². The maximum Gasteiger partial charge on any atom is 0.340 e. The third-order valence-corrected chi connectivity index (χ3v) is 1.86. The Morgan fingerprint density at radius 1 is 1.58 bits per heavy atom. The van der Waals surface area contributed by atoms with E-state index in [1.54, 1.807) is 13.8 Å². The second kappa shape index (κ2) is 4.42. The molecule has 0 fully saturated rings. The van der Waals surface area contributed by atoms with Gasteiger partial charge >= 0.3 is 5.97 Å². The lowest BCUT2D eigenvalue weighted by atomic mass is 9.95. The van der Waals surface area contributed by atoms with Crippen LogP contribution < -0.4 is 0 Å². The van der Waals surface area contributed by atoms with E-state index in [1.165, 1.54) is 6.92 Å². The van der Waals surface area contributed by atoms with Crippen molar-refractivity contribution in [2.24, 2.45) is 0 Å². The molecule has 0 radical (unpaired) electrons. The van der Waals surface area contributed by atoms with Crippen LogP contribution in [0.2, 0.25) is 0 Å². The van der Waals surface area contributed by atoms with Crippen molar-refractivity contribution in [3.8, 4) is 0 Å². The fourth-order valence-corrected chi connectivity index (χ4v) is 0.866. The quantitative estimate of drug-likeness (QED) is 0.595. The molecule has 4 nitrogen and oxygen atoms in total. The molecule has 0 aliphatic rings. The summed E-state index contributed by atoms with van der Waals surface area (Å²) < 4.78 is 4.61. The zero-order valence-corrected chi connectivity index (χ0v) is 7.70. The average Bonchev–Trinajstić information content (AvgIpc) is 2.03. The van der Waals surface area contributed by atoms with Crippen molar-refractivity contribution in [1.29, 1.82) is 0 Å². The van der Waals surface area contributed by atoms with Gasteiger partial charge in [-0.1, -0.05) is 6.92 Å². The Kier molecular flexibility index (Phi) is 4.20. The van der Waals surface area contributed by atoms with E-state index in [0.29, 0.717) is 0 Å². The second-order valence-corrected chi connectivity index (χ2v) is 2.67. The Labute approximate surface area is 72.2 Å². The Bertz CT molecular complexity index is 155. The first kappa shape index (κ1) is 11.4. The van der Waals surface area contributed by atoms with Gasteiger partial charge < -0.3 is 14.9 Å². The van der Waals surface area contributed by atoms with Gasteiger partial charge in [-0.25, -0.2) is 4.79 Å². The average molecular weight is 176 g/mol. The molecule has 0 unspecified atom stereocenters. The number of carbonyl (C=O) groups is 1. The smallest absolute Gasteiger partial charge is 0.340 e. The lowest BCUT2D eigenvalue weighted by Gasteiger charge is -2.26. The predicted octanol–water partition coefficient (Wildman–Crippen LogP) is 0.0714. The lowest BCUT2D eigenvalue weighted by Crippen LogP contribution is -2.48. The summed E-state index contributed by atoms with van der Waals surface area (Å²) >= 11 is 0. The molecular formula is C8H16O4. The van der Waals surface area contributed by atoms with Gasteiger partial charge in [-0.05, 0) is 20.3 Å². The molecule has 0 aliphatic carbocycles. The first-order chi connectivity index (χ1) is 5.49. The van der Waals surface area contributed by atoms with Gasteiger partial charge in [0.05, 0.1) is 12.7 Å². The zero-order valence-electron chi connectivity index (χ0n) is 7.70. The molecule has 0 saturated carbocycles. The second-order valence-electron chi connectivity index (χ2n) is 2.67. The van der Waals surface area contributed by atoms with Crippen molar-refractivity contribution in [2.75, 3.05) is 6.61 Å². The highest BCUT2D eigenvalue weighted by atomic mass is 16.6. The molecule has 0 spiro atoms. The van der Waals surface area contributed by atoms with Crippen LogP contribution in [-0.4, -0.2) is 34.5 Å². The Morgan fingerprint density at radius 3 is 2.33 bits per heavy atom. The standard InChI is InChI=1S/C8H16O4/c1-4-8(11,6(3)9)7(10)12-5-2/h6,9,11H,4-5H2,1-3H3/t6-,8+/m0/s1. The number of aliphatic hydroxyl groups excluding tert-OH is 1. The molecule has 0 aromatic carbocycles. The normalized spacial score (nSPS) is 18.1. The molecule has 0 aliphatic heterocycles. The Morgan fingerprint density at radius 2 is 2.08 bits per heavy atom. The van der Waals surface area contributed by atoms with E-state index in [1.807, 2.05) is 0 Å². The van der Waals surface area contributed by atoms with Gasteiger partial charge in [0.1, 0.15) is 0 Å². The summed E-state index contributed by atoms with van der Waals surface area (Å²) in [5.74, 6) is -0.762. The topological polar surface area (TPSA) is 66.8 Å². The van der Waals surface area contributed by atoms with Crippen LogP contribution in [0, 0.1) is 0 Å². The lowest BCUT2D eigenvalue weighted by molar-refractivity contribution is -0.177. The predicted molar refractivity (Wildman–Crippen MR) is 43.6 cm³/mol. The summed E-state index contributed by atoms with van der Waals surface area (Å²) in [6, 6.07) is 0. The fourth-order valence-electron chi connectivity index (χ4n) is 0.866. The molecule has 0 rings (SSSR count). The summed E-state index contributed by atoms with van der Waals surface area (Å²) in [6.07, 6.45) is -0.967. The Hall–Kier alpha value is -0.610. The van der Waals surface area contributed by atoms with Crippen LogP contribution in [0.25, 0.3) is 0 Å². The van der Waals surface area contributed by atoms with Gasteiger partial charge in [-0.3, -0.25) is 0 Å². The molecule has 0 aromatic heterocycles. The molecule has 0 bridgehead atoms. The molecular weight excluding hydrogens is 160 g/mol. The highest BCUT2D eigenvalue weighted by molar-refractivity contribution is 5.79. The highest BCUT2D eigenvalue weighted by Crippen LogP contribution is 2.17.